The zero-order chi connectivity index (χ0) is 16.2. The number of benzene rings is 2. The van der Waals surface area contributed by atoms with Crippen LogP contribution in [-0.4, -0.2) is 14.9 Å². The Labute approximate surface area is 133 Å². The van der Waals surface area contributed by atoms with Crippen LogP contribution in [-0.2, 0) is 0 Å². The van der Waals surface area contributed by atoms with Crippen LogP contribution in [0.5, 0.6) is 0 Å². The first-order valence-corrected chi connectivity index (χ1v) is 7.03. The van der Waals surface area contributed by atoms with Gasteiger partial charge in [0.15, 0.2) is 0 Å². The van der Waals surface area contributed by atoms with E-state index in [2.05, 4.69) is 15.3 Å². The summed E-state index contributed by atoms with van der Waals surface area (Å²) in [6.45, 7) is 1.71. The van der Waals surface area contributed by atoms with Gasteiger partial charge in [-0.25, -0.2) is 9.97 Å². The lowest BCUT2D eigenvalue weighted by molar-refractivity contribution is -0.385. The van der Waals surface area contributed by atoms with Crippen LogP contribution in [0.15, 0.2) is 60.9 Å². The third-order valence-corrected chi connectivity index (χ3v) is 3.41. The van der Waals surface area contributed by atoms with Crippen molar-refractivity contribution in [3.8, 4) is 11.3 Å². The summed E-state index contributed by atoms with van der Waals surface area (Å²) < 4.78 is 0. The molecule has 2 aromatic carbocycles. The average molecular weight is 306 g/mol. The summed E-state index contributed by atoms with van der Waals surface area (Å²) in [6, 6.07) is 16.5. The molecule has 6 nitrogen and oxygen atoms in total. The number of hydrogen-bond acceptors (Lipinski definition) is 5. The number of nitrogens with zero attached hydrogens (tertiary/aromatic N) is 3. The molecule has 0 unspecified atom stereocenters. The summed E-state index contributed by atoms with van der Waals surface area (Å²) in [7, 11) is 0. The Morgan fingerprint density at radius 2 is 1.83 bits per heavy atom. The first-order chi connectivity index (χ1) is 11.1. The highest BCUT2D eigenvalue weighted by Crippen LogP contribution is 2.25. The molecular formula is C17H14N4O2. The zero-order valence-electron chi connectivity index (χ0n) is 12.4. The van der Waals surface area contributed by atoms with Gasteiger partial charge in [0.05, 0.1) is 10.6 Å². The molecule has 0 saturated carbocycles. The third-order valence-electron chi connectivity index (χ3n) is 3.41. The first kappa shape index (κ1) is 14.6. The molecule has 0 radical (unpaired) electrons. The van der Waals surface area contributed by atoms with E-state index >= 15 is 0 Å². The molecule has 0 aliphatic heterocycles. The van der Waals surface area contributed by atoms with Crippen molar-refractivity contribution in [2.75, 3.05) is 5.32 Å². The van der Waals surface area contributed by atoms with E-state index in [4.69, 9.17) is 0 Å². The van der Waals surface area contributed by atoms with Crippen LogP contribution in [0, 0.1) is 17.0 Å². The van der Waals surface area contributed by atoms with Gasteiger partial charge in [-0.1, -0.05) is 36.4 Å². The quantitative estimate of drug-likeness (QED) is 0.579. The third kappa shape index (κ3) is 3.32. The van der Waals surface area contributed by atoms with Crippen LogP contribution in [0.25, 0.3) is 11.3 Å². The fraction of sp³-hybridized carbons (Fsp3) is 0.0588. The highest BCUT2D eigenvalue weighted by atomic mass is 16.6. The van der Waals surface area contributed by atoms with Gasteiger partial charge in [-0.05, 0) is 13.0 Å². The van der Waals surface area contributed by atoms with Gasteiger partial charge < -0.3 is 5.32 Å². The molecule has 6 heteroatoms. The fourth-order valence-electron chi connectivity index (χ4n) is 2.22. The van der Waals surface area contributed by atoms with Crippen LogP contribution in [0.4, 0.5) is 17.2 Å². The van der Waals surface area contributed by atoms with E-state index in [-0.39, 0.29) is 5.69 Å². The molecule has 0 fully saturated rings. The Morgan fingerprint density at radius 3 is 2.57 bits per heavy atom. The predicted molar refractivity (Wildman–Crippen MR) is 88.6 cm³/mol. The van der Waals surface area contributed by atoms with E-state index in [9.17, 15) is 10.1 Å². The monoisotopic (exact) mass is 306 g/mol. The maximum Gasteiger partial charge on any atom is 0.274 e. The molecule has 0 amide bonds. The Hall–Kier alpha value is -3.28. The van der Waals surface area contributed by atoms with E-state index in [1.165, 1.54) is 12.4 Å². The molecule has 0 atom stereocenters. The minimum Gasteiger partial charge on any atom is -0.340 e. The second-order valence-electron chi connectivity index (χ2n) is 5.04. The number of nitro groups is 1. The molecule has 0 bridgehead atoms. The smallest absolute Gasteiger partial charge is 0.274 e. The normalized spacial score (nSPS) is 10.3. The zero-order valence-corrected chi connectivity index (χ0v) is 12.4. The SMILES string of the molecule is Cc1ccc(Nc2cc(-c3ccccc3)ncn2)cc1[N+](=O)[O-]. The molecule has 1 N–H and O–H groups in total. The number of nitrogens with one attached hydrogen (secondary N) is 1. The van der Waals surface area contributed by atoms with Crippen molar-refractivity contribution < 1.29 is 4.92 Å². The van der Waals surface area contributed by atoms with Crippen molar-refractivity contribution in [2.24, 2.45) is 0 Å². The summed E-state index contributed by atoms with van der Waals surface area (Å²) >= 11 is 0. The maximum absolute atomic E-state index is 11.0. The lowest BCUT2D eigenvalue weighted by atomic mass is 10.1. The van der Waals surface area contributed by atoms with Crippen molar-refractivity contribution in [3.05, 3.63) is 76.6 Å². The van der Waals surface area contributed by atoms with Gasteiger partial charge in [0, 0.05) is 28.9 Å². The largest absolute Gasteiger partial charge is 0.340 e. The van der Waals surface area contributed by atoms with Crippen molar-refractivity contribution in [1.82, 2.24) is 9.97 Å². The summed E-state index contributed by atoms with van der Waals surface area (Å²) in [5.41, 5.74) is 3.07. The molecule has 3 rings (SSSR count). The van der Waals surface area contributed by atoms with Gasteiger partial charge in [0.1, 0.15) is 12.1 Å². The lowest BCUT2D eigenvalue weighted by Gasteiger charge is -2.08. The fourth-order valence-corrected chi connectivity index (χ4v) is 2.22. The Balaban J connectivity index is 1.89. The highest BCUT2D eigenvalue weighted by molar-refractivity contribution is 5.66. The predicted octanol–water partition coefficient (Wildman–Crippen LogP) is 4.10. The van der Waals surface area contributed by atoms with Crippen LogP contribution in [0.1, 0.15) is 5.56 Å². The molecule has 0 aliphatic rings. The lowest BCUT2D eigenvalue weighted by Crippen LogP contribution is -1.98. The van der Waals surface area contributed by atoms with Crippen molar-refractivity contribution in [1.29, 1.82) is 0 Å². The number of nitro benzene ring substituents is 1. The molecule has 0 aliphatic carbocycles. The molecule has 1 heterocycles. The molecule has 23 heavy (non-hydrogen) atoms. The van der Waals surface area contributed by atoms with E-state index in [0.717, 1.165) is 11.3 Å². The molecule has 0 spiro atoms. The van der Waals surface area contributed by atoms with E-state index in [1.54, 1.807) is 25.1 Å². The molecule has 3 aromatic rings. The van der Waals surface area contributed by atoms with Gasteiger partial charge in [-0.15, -0.1) is 0 Å². The Bertz CT molecular complexity index is 850. The summed E-state index contributed by atoms with van der Waals surface area (Å²) in [5, 5.41) is 14.1. The van der Waals surface area contributed by atoms with Crippen molar-refractivity contribution in [3.63, 3.8) is 0 Å². The van der Waals surface area contributed by atoms with Crippen molar-refractivity contribution in [2.45, 2.75) is 6.92 Å². The minimum absolute atomic E-state index is 0.0762. The second-order valence-corrected chi connectivity index (χ2v) is 5.04. The minimum atomic E-state index is -0.393. The molecule has 0 saturated heterocycles. The van der Waals surface area contributed by atoms with Crippen LogP contribution >= 0.6 is 0 Å². The van der Waals surface area contributed by atoms with Gasteiger partial charge in [0.25, 0.3) is 5.69 Å². The van der Waals surface area contributed by atoms with Crippen LogP contribution in [0.3, 0.4) is 0 Å². The number of rotatable bonds is 4. The van der Waals surface area contributed by atoms with E-state index in [0.29, 0.717) is 17.1 Å². The first-order valence-electron chi connectivity index (χ1n) is 7.03. The van der Waals surface area contributed by atoms with Gasteiger partial charge >= 0.3 is 0 Å². The van der Waals surface area contributed by atoms with Gasteiger partial charge in [0.2, 0.25) is 0 Å². The topological polar surface area (TPSA) is 81.0 Å². The van der Waals surface area contributed by atoms with E-state index < -0.39 is 4.92 Å². The second kappa shape index (κ2) is 6.23. The average Bonchev–Trinajstić information content (AvgIpc) is 2.57. The molecule has 1 aromatic heterocycles. The summed E-state index contributed by atoms with van der Waals surface area (Å²) in [4.78, 5) is 19.0. The van der Waals surface area contributed by atoms with Gasteiger partial charge in [-0.2, -0.15) is 0 Å². The number of aromatic nitrogens is 2. The van der Waals surface area contributed by atoms with Crippen LogP contribution in [0.2, 0.25) is 0 Å². The summed E-state index contributed by atoms with van der Waals surface area (Å²) in [6.07, 6.45) is 1.47. The van der Waals surface area contributed by atoms with Crippen LogP contribution < -0.4 is 5.32 Å². The van der Waals surface area contributed by atoms with Gasteiger partial charge in [-0.3, -0.25) is 10.1 Å². The number of hydrogen-bond donors (Lipinski definition) is 1. The van der Waals surface area contributed by atoms with Crippen molar-refractivity contribution >= 4 is 17.2 Å². The molecular weight excluding hydrogens is 292 g/mol. The maximum atomic E-state index is 11.0. The van der Waals surface area contributed by atoms with E-state index in [1.807, 2.05) is 30.3 Å². The summed E-state index contributed by atoms with van der Waals surface area (Å²) in [5.74, 6) is 0.581. The Morgan fingerprint density at radius 1 is 1.04 bits per heavy atom. The number of aryl methyl sites for hydroxylation is 1. The standard InChI is InChI=1S/C17H14N4O2/c1-12-7-8-14(9-16(12)21(22)23)20-17-10-15(18-11-19-17)13-5-3-2-4-6-13/h2-11H,1H3,(H,18,19,20). The molecule has 114 valence electrons. The number of anilines is 2. The Kier molecular flexibility index (Phi) is 3.97. The highest BCUT2D eigenvalue weighted by Gasteiger charge is 2.11.